The quantitative estimate of drug-likeness (QED) is 0.616. The van der Waals surface area contributed by atoms with Crippen molar-refractivity contribution in [3.8, 4) is 0 Å². The molecule has 4 nitrogen and oxygen atoms in total. The third-order valence-corrected chi connectivity index (χ3v) is 3.02. The van der Waals surface area contributed by atoms with Crippen LogP contribution < -0.4 is 0 Å². The zero-order valence-corrected chi connectivity index (χ0v) is 11.6. The van der Waals surface area contributed by atoms with Crippen molar-refractivity contribution in [3.05, 3.63) is 34.9 Å². The van der Waals surface area contributed by atoms with Crippen LogP contribution in [-0.2, 0) is 14.3 Å². The zero-order valence-electron chi connectivity index (χ0n) is 10.8. The second-order valence-electron chi connectivity index (χ2n) is 4.29. The summed E-state index contributed by atoms with van der Waals surface area (Å²) in [6.07, 6.45) is -4.35. The standard InChI is InChI=1S/C13H13ClF3NO3/c14-10-3-1-9(2-4-10)11(13(15,16)17)7-18-21-8-12-19-5-6-20-12/h1-4,7,11-12H,5-6,8H2. The molecule has 0 radical (unpaired) electrons. The Morgan fingerprint density at radius 2 is 1.90 bits per heavy atom. The van der Waals surface area contributed by atoms with Crippen molar-refractivity contribution in [1.82, 2.24) is 0 Å². The summed E-state index contributed by atoms with van der Waals surface area (Å²) in [6, 6.07) is 5.39. The van der Waals surface area contributed by atoms with Crippen LogP contribution in [0, 0.1) is 0 Å². The number of alkyl halides is 3. The van der Waals surface area contributed by atoms with E-state index in [1.807, 2.05) is 0 Å². The first-order valence-corrected chi connectivity index (χ1v) is 6.55. The first-order chi connectivity index (χ1) is 9.97. The average molecular weight is 324 g/mol. The Kier molecular flexibility index (Phi) is 5.44. The molecule has 1 aliphatic rings. The van der Waals surface area contributed by atoms with Gasteiger partial charge in [0.1, 0.15) is 5.92 Å². The fourth-order valence-corrected chi connectivity index (χ4v) is 1.87. The molecular formula is C13H13ClF3NO3. The van der Waals surface area contributed by atoms with Crippen molar-refractivity contribution in [2.75, 3.05) is 19.8 Å². The van der Waals surface area contributed by atoms with Gasteiger partial charge in [-0.3, -0.25) is 0 Å². The summed E-state index contributed by atoms with van der Waals surface area (Å²) in [4.78, 5) is 4.78. The summed E-state index contributed by atoms with van der Waals surface area (Å²) in [5.74, 6) is -1.86. The van der Waals surface area contributed by atoms with Crippen LogP contribution in [0.25, 0.3) is 0 Å². The van der Waals surface area contributed by atoms with Crippen LogP contribution in [0.5, 0.6) is 0 Å². The van der Waals surface area contributed by atoms with Crippen molar-refractivity contribution in [2.24, 2.45) is 5.16 Å². The van der Waals surface area contributed by atoms with Gasteiger partial charge in [0.05, 0.1) is 19.4 Å². The molecule has 1 heterocycles. The molecule has 0 spiro atoms. The Labute approximate surface area is 124 Å². The van der Waals surface area contributed by atoms with Gasteiger partial charge in [0, 0.05) is 5.02 Å². The topological polar surface area (TPSA) is 40.0 Å². The lowest BCUT2D eigenvalue weighted by Gasteiger charge is -2.16. The van der Waals surface area contributed by atoms with Crippen LogP contribution in [-0.4, -0.2) is 38.5 Å². The maximum Gasteiger partial charge on any atom is 0.400 e. The highest BCUT2D eigenvalue weighted by molar-refractivity contribution is 6.30. The molecule has 1 aromatic carbocycles. The van der Waals surface area contributed by atoms with Crippen molar-refractivity contribution >= 4 is 17.8 Å². The summed E-state index contributed by atoms with van der Waals surface area (Å²) < 4.78 is 49.2. The Morgan fingerprint density at radius 3 is 2.48 bits per heavy atom. The Hall–Kier alpha value is -1.31. The number of rotatable bonds is 5. The highest BCUT2D eigenvalue weighted by atomic mass is 35.5. The molecule has 1 unspecified atom stereocenters. The minimum Gasteiger partial charge on any atom is -0.391 e. The van der Waals surface area contributed by atoms with Crippen LogP contribution in [0.2, 0.25) is 5.02 Å². The number of halogens is 4. The van der Waals surface area contributed by atoms with Crippen molar-refractivity contribution in [1.29, 1.82) is 0 Å². The minimum absolute atomic E-state index is 0.0348. The lowest BCUT2D eigenvalue weighted by molar-refractivity contribution is -0.134. The van der Waals surface area contributed by atoms with Crippen molar-refractivity contribution in [2.45, 2.75) is 18.4 Å². The van der Waals surface area contributed by atoms with Gasteiger partial charge in [-0.05, 0) is 17.7 Å². The average Bonchev–Trinajstić information content (AvgIpc) is 2.92. The lowest BCUT2D eigenvalue weighted by Crippen LogP contribution is -2.22. The van der Waals surface area contributed by atoms with Crippen molar-refractivity contribution < 1.29 is 27.5 Å². The molecule has 0 amide bonds. The third-order valence-electron chi connectivity index (χ3n) is 2.77. The highest BCUT2D eigenvalue weighted by Gasteiger charge is 2.39. The molecule has 0 N–H and O–H groups in total. The predicted molar refractivity (Wildman–Crippen MR) is 70.4 cm³/mol. The van der Waals surface area contributed by atoms with E-state index in [-0.39, 0.29) is 12.2 Å². The van der Waals surface area contributed by atoms with E-state index in [2.05, 4.69) is 5.16 Å². The summed E-state index contributed by atoms with van der Waals surface area (Å²) in [5.41, 5.74) is 0.0348. The van der Waals surface area contributed by atoms with E-state index in [0.29, 0.717) is 24.5 Å². The van der Waals surface area contributed by atoms with Crippen LogP contribution in [0.3, 0.4) is 0 Å². The molecule has 8 heteroatoms. The van der Waals surface area contributed by atoms with E-state index in [1.54, 1.807) is 0 Å². The molecule has 1 aromatic rings. The van der Waals surface area contributed by atoms with E-state index >= 15 is 0 Å². The molecule has 0 bridgehead atoms. The number of hydrogen-bond donors (Lipinski definition) is 0. The van der Waals surface area contributed by atoms with Crippen molar-refractivity contribution in [3.63, 3.8) is 0 Å². The van der Waals surface area contributed by atoms with Gasteiger partial charge in [0.25, 0.3) is 0 Å². The molecule has 1 atom stereocenters. The number of hydrogen-bond acceptors (Lipinski definition) is 4. The predicted octanol–water partition coefficient (Wildman–Crippen LogP) is 3.36. The Bertz CT molecular complexity index is 473. The zero-order chi connectivity index (χ0) is 15.3. The summed E-state index contributed by atoms with van der Waals surface area (Å²) in [5, 5.41) is 3.73. The summed E-state index contributed by atoms with van der Waals surface area (Å²) >= 11 is 5.66. The monoisotopic (exact) mass is 323 g/mol. The molecule has 0 saturated carbocycles. The Morgan fingerprint density at radius 1 is 1.29 bits per heavy atom. The lowest BCUT2D eigenvalue weighted by atomic mass is 10.0. The smallest absolute Gasteiger partial charge is 0.391 e. The molecule has 21 heavy (non-hydrogen) atoms. The number of nitrogens with zero attached hydrogens (tertiary/aromatic N) is 1. The number of ether oxygens (including phenoxy) is 2. The van der Waals surface area contributed by atoms with Gasteiger partial charge in [-0.2, -0.15) is 13.2 Å². The molecule has 1 saturated heterocycles. The van der Waals surface area contributed by atoms with E-state index in [4.69, 9.17) is 25.9 Å². The molecular weight excluding hydrogens is 311 g/mol. The normalized spacial score (nSPS) is 18.3. The van der Waals surface area contributed by atoms with Gasteiger partial charge in [-0.25, -0.2) is 0 Å². The first kappa shape index (κ1) is 16.1. The second kappa shape index (κ2) is 7.11. The van der Waals surface area contributed by atoms with Gasteiger partial charge >= 0.3 is 6.18 Å². The largest absolute Gasteiger partial charge is 0.400 e. The molecule has 1 aliphatic heterocycles. The van der Waals surface area contributed by atoms with Crippen LogP contribution in [0.15, 0.2) is 29.4 Å². The first-order valence-electron chi connectivity index (χ1n) is 6.17. The molecule has 2 rings (SSSR count). The molecule has 0 aliphatic carbocycles. The third kappa shape index (κ3) is 4.87. The number of oxime groups is 1. The summed E-state index contributed by atoms with van der Waals surface area (Å²) in [6.45, 7) is 0.822. The van der Waals surface area contributed by atoms with Gasteiger partial charge in [-0.1, -0.05) is 28.9 Å². The highest BCUT2D eigenvalue weighted by Crippen LogP contribution is 2.33. The van der Waals surface area contributed by atoms with Gasteiger partial charge in [0.2, 0.25) is 0 Å². The second-order valence-corrected chi connectivity index (χ2v) is 4.73. The van der Waals surface area contributed by atoms with E-state index < -0.39 is 18.4 Å². The maximum atomic E-state index is 13.0. The van der Waals surface area contributed by atoms with Gasteiger partial charge in [0.15, 0.2) is 12.9 Å². The fourth-order valence-electron chi connectivity index (χ4n) is 1.74. The van der Waals surface area contributed by atoms with E-state index in [1.165, 1.54) is 24.3 Å². The molecule has 1 fully saturated rings. The summed E-state index contributed by atoms with van der Waals surface area (Å²) in [7, 11) is 0. The number of benzene rings is 1. The van der Waals surface area contributed by atoms with E-state index in [9.17, 15) is 13.2 Å². The van der Waals surface area contributed by atoms with Crippen LogP contribution in [0.1, 0.15) is 11.5 Å². The maximum absolute atomic E-state index is 13.0. The fraction of sp³-hybridized carbons (Fsp3) is 0.462. The molecule has 0 aromatic heterocycles. The van der Waals surface area contributed by atoms with Crippen LogP contribution >= 0.6 is 11.6 Å². The minimum atomic E-state index is -4.47. The van der Waals surface area contributed by atoms with Gasteiger partial charge in [-0.15, -0.1) is 0 Å². The SMILES string of the molecule is FC(F)(F)C(C=NOCC1OCCO1)c1ccc(Cl)cc1. The van der Waals surface area contributed by atoms with Crippen LogP contribution in [0.4, 0.5) is 13.2 Å². The molecule has 116 valence electrons. The van der Waals surface area contributed by atoms with E-state index in [0.717, 1.165) is 0 Å². The van der Waals surface area contributed by atoms with Gasteiger partial charge < -0.3 is 14.3 Å². The Balaban J connectivity index is 1.97.